The van der Waals surface area contributed by atoms with Crippen LogP contribution in [0.2, 0.25) is 0 Å². The molecule has 0 atom stereocenters. The van der Waals surface area contributed by atoms with E-state index in [1.807, 2.05) is 5.92 Å². The summed E-state index contributed by atoms with van der Waals surface area (Å²) < 4.78 is 41.9. The Balaban J connectivity index is 3.34. The molecule has 0 heterocycles. The zero-order valence-electron chi connectivity index (χ0n) is 8.26. The van der Waals surface area contributed by atoms with Crippen LogP contribution in [0.15, 0.2) is 18.2 Å². The van der Waals surface area contributed by atoms with Crippen molar-refractivity contribution < 1.29 is 22.7 Å². The fourth-order valence-corrected chi connectivity index (χ4v) is 1.15. The summed E-state index contributed by atoms with van der Waals surface area (Å²) in [5.74, 6) is 1.08. The van der Waals surface area contributed by atoms with Crippen LogP contribution in [0.4, 0.5) is 13.2 Å². The molecule has 2 nitrogen and oxygen atoms in total. The summed E-state index contributed by atoms with van der Waals surface area (Å²) >= 11 is 0. The maximum Gasteiger partial charge on any atom is 0.417 e. The molecule has 84 valence electrons. The van der Waals surface area contributed by atoms with Gasteiger partial charge in [-0.05, 0) is 18.2 Å². The lowest BCUT2D eigenvalue weighted by Crippen LogP contribution is -2.10. The number of halogens is 3. The van der Waals surface area contributed by atoms with Gasteiger partial charge in [-0.3, -0.25) is 0 Å². The number of rotatable bonds is 1. The molecule has 0 aromatic heterocycles. The van der Waals surface area contributed by atoms with E-state index in [-0.39, 0.29) is 11.1 Å². The average molecular weight is 228 g/mol. The highest BCUT2D eigenvalue weighted by atomic mass is 19.4. The minimum absolute atomic E-state index is 0.186. The van der Waals surface area contributed by atoms with Crippen LogP contribution >= 0.6 is 0 Å². The number of hydrogen-bond acceptors (Lipinski definition) is 2. The molecule has 1 aromatic rings. The number of alkyl halides is 3. The van der Waals surface area contributed by atoms with Gasteiger partial charge >= 0.3 is 12.1 Å². The van der Waals surface area contributed by atoms with Crippen molar-refractivity contribution >= 4 is 5.97 Å². The first kappa shape index (κ1) is 12.1. The van der Waals surface area contributed by atoms with E-state index in [4.69, 9.17) is 6.42 Å². The van der Waals surface area contributed by atoms with E-state index in [0.717, 1.165) is 13.2 Å². The molecule has 5 heteroatoms. The van der Waals surface area contributed by atoms with Gasteiger partial charge in [0.05, 0.1) is 18.2 Å². The molecular weight excluding hydrogens is 221 g/mol. The van der Waals surface area contributed by atoms with Gasteiger partial charge in [-0.2, -0.15) is 13.2 Å². The highest BCUT2D eigenvalue weighted by Gasteiger charge is 2.33. The Morgan fingerprint density at radius 2 is 2.06 bits per heavy atom. The molecule has 16 heavy (non-hydrogen) atoms. The predicted octanol–water partition coefficient (Wildman–Crippen LogP) is 2.47. The summed E-state index contributed by atoms with van der Waals surface area (Å²) in [5, 5.41) is 0. The smallest absolute Gasteiger partial charge is 0.417 e. The van der Waals surface area contributed by atoms with Crippen LogP contribution in [0.5, 0.6) is 0 Å². The Labute approximate surface area is 90.0 Å². The zero-order chi connectivity index (χ0) is 12.3. The van der Waals surface area contributed by atoms with Gasteiger partial charge in [-0.25, -0.2) is 4.79 Å². The molecule has 0 bridgehead atoms. The second-order valence-electron chi connectivity index (χ2n) is 2.89. The van der Waals surface area contributed by atoms with Crippen molar-refractivity contribution in [2.45, 2.75) is 6.18 Å². The van der Waals surface area contributed by atoms with E-state index in [1.165, 1.54) is 6.07 Å². The number of carbonyl (C=O) groups is 1. The van der Waals surface area contributed by atoms with E-state index in [2.05, 4.69) is 4.74 Å². The molecule has 1 aromatic carbocycles. The molecule has 0 aliphatic carbocycles. The van der Waals surface area contributed by atoms with E-state index >= 15 is 0 Å². The first-order valence-corrected chi connectivity index (χ1v) is 4.16. The Hall–Kier alpha value is -1.96. The summed E-state index contributed by atoms with van der Waals surface area (Å²) in [6.45, 7) is 0. The third-order valence-electron chi connectivity index (χ3n) is 1.90. The van der Waals surface area contributed by atoms with Crippen molar-refractivity contribution in [3.8, 4) is 12.3 Å². The summed E-state index contributed by atoms with van der Waals surface area (Å²) in [6, 6.07) is 2.94. The zero-order valence-corrected chi connectivity index (χ0v) is 8.26. The molecular formula is C11H7F3O2. The second-order valence-corrected chi connectivity index (χ2v) is 2.89. The van der Waals surface area contributed by atoms with Crippen LogP contribution < -0.4 is 0 Å². The number of methoxy groups -OCH3 is 1. The maximum absolute atomic E-state index is 12.5. The number of terminal acetylenes is 1. The minimum Gasteiger partial charge on any atom is -0.465 e. The summed E-state index contributed by atoms with van der Waals surface area (Å²) in [4.78, 5) is 11.1. The van der Waals surface area contributed by atoms with Crippen molar-refractivity contribution in [3.05, 3.63) is 34.9 Å². The Bertz CT molecular complexity index is 455. The fraction of sp³-hybridized carbons (Fsp3) is 0.182. The quantitative estimate of drug-likeness (QED) is 0.545. The minimum atomic E-state index is -4.59. The second kappa shape index (κ2) is 4.27. The Morgan fingerprint density at radius 1 is 1.44 bits per heavy atom. The Kier molecular flexibility index (Phi) is 3.23. The normalized spacial score (nSPS) is 10.7. The van der Waals surface area contributed by atoms with Crippen molar-refractivity contribution in [2.24, 2.45) is 0 Å². The maximum atomic E-state index is 12.5. The number of hydrogen-bond donors (Lipinski definition) is 0. The summed E-state index contributed by atoms with van der Waals surface area (Å²) in [6.07, 6.45) is 0.348. The molecule has 0 aliphatic rings. The SMILES string of the molecule is C#Cc1ccc(C(=O)OC)cc1C(F)(F)F. The van der Waals surface area contributed by atoms with Gasteiger partial charge in [-0.1, -0.05) is 5.92 Å². The number of ether oxygens (including phenoxy) is 1. The van der Waals surface area contributed by atoms with Crippen LogP contribution in [0, 0.1) is 12.3 Å². The Morgan fingerprint density at radius 3 is 2.50 bits per heavy atom. The van der Waals surface area contributed by atoms with Gasteiger partial charge < -0.3 is 4.74 Å². The lowest BCUT2D eigenvalue weighted by atomic mass is 10.0. The molecule has 0 saturated heterocycles. The third-order valence-corrected chi connectivity index (χ3v) is 1.90. The molecule has 0 fully saturated rings. The van der Waals surface area contributed by atoms with Gasteiger partial charge in [0, 0.05) is 5.56 Å². The van der Waals surface area contributed by atoms with Gasteiger partial charge in [0.25, 0.3) is 0 Å². The predicted molar refractivity (Wildman–Crippen MR) is 50.7 cm³/mol. The molecule has 0 radical (unpaired) electrons. The largest absolute Gasteiger partial charge is 0.465 e. The van der Waals surface area contributed by atoms with E-state index < -0.39 is 17.7 Å². The molecule has 0 saturated carbocycles. The molecule has 0 spiro atoms. The van der Waals surface area contributed by atoms with Crippen LogP contribution in [-0.2, 0) is 10.9 Å². The summed E-state index contributed by atoms with van der Waals surface area (Å²) in [5.41, 5.74) is -1.51. The van der Waals surface area contributed by atoms with Crippen LogP contribution in [0.1, 0.15) is 21.5 Å². The number of esters is 1. The van der Waals surface area contributed by atoms with Crippen molar-refractivity contribution in [2.75, 3.05) is 7.11 Å². The molecule has 0 N–H and O–H groups in total. The monoisotopic (exact) mass is 228 g/mol. The van der Waals surface area contributed by atoms with Gasteiger partial charge in [0.2, 0.25) is 0 Å². The number of carbonyl (C=O) groups excluding carboxylic acids is 1. The van der Waals surface area contributed by atoms with E-state index in [1.54, 1.807) is 0 Å². The number of benzene rings is 1. The van der Waals surface area contributed by atoms with E-state index in [0.29, 0.717) is 6.07 Å². The standard InChI is InChI=1S/C11H7F3O2/c1-3-7-4-5-8(10(15)16-2)6-9(7)11(12,13)14/h1,4-6H,2H3. The van der Waals surface area contributed by atoms with Crippen LogP contribution in [-0.4, -0.2) is 13.1 Å². The fourth-order valence-electron chi connectivity index (χ4n) is 1.15. The lowest BCUT2D eigenvalue weighted by molar-refractivity contribution is -0.137. The third kappa shape index (κ3) is 2.34. The van der Waals surface area contributed by atoms with Gasteiger partial charge in [-0.15, -0.1) is 6.42 Å². The molecule has 1 rings (SSSR count). The van der Waals surface area contributed by atoms with Crippen LogP contribution in [0.3, 0.4) is 0 Å². The highest BCUT2D eigenvalue weighted by Crippen LogP contribution is 2.32. The van der Waals surface area contributed by atoms with Crippen molar-refractivity contribution in [1.82, 2.24) is 0 Å². The molecule has 0 unspecified atom stereocenters. The first-order valence-electron chi connectivity index (χ1n) is 4.16. The van der Waals surface area contributed by atoms with Crippen molar-refractivity contribution in [1.29, 1.82) is 0 Å². The lowest BCUT2D eigenvalue weighted by Gasteiger charge is -2.10. The topological polar surface area (TPSA) is 26.3 Å². The first-order chi connectivity index (χ1) is 7.40. The van der Waals surface area contributed by atoms with Gasteiger partial charge in [0.1, 0.15) is 0 Å². The molecule has 0 amide bonds. The van der Waals surface area contributed by atoms with Gasteiger partial charge in [0.15, 0.2) is 0 Å². The highest BCUT2D eigenvalue weighted by molar-refractivity contribution is 5.89. The van der Waals surface area contributed by atoms with E-state index in [9.17, 15) is 18.0 Å². The summed E-state index contributed by atoms with van der Waals surface area (Å²) in [7, 11) is 1.09. The molecule has 0 aliphatic heterocycles. The average Bonchev–Trinajstić information content (AvgIpc) is 2.26. The van der Waals surface area contributed by atoms with Crippen LogP contribution in [0.25, 0.3) is 0 Å². The van der Waals surface area contributed by atoms with Crippen molar-refractivity contribution in [3.63, 3.8) is 0 Å².